The van der Waals surface area contributed by atoms with Crippen LogP contribution in [-0.4, -0.2) is 69.4 Å². The maximum Gasteiger partial charge on any atom is 0.524 e. The molecule has 1 unspecified atom stereocenters. The van der Waals surface area contributed by atoms with Crippen LogP contribution in [-0.2, 0) is 18.9 Å². The van der Waals surface area contributed by atoms with Crippen molar-refractivity contribution in [1.29, 1.82) is 0 Å². The van der Waals surface area contributed by atoms with E-state index in [4.69, 9.17) is 32.5 Å². The number of halogens is 2. The van der Waals surface area contributed by atoms with Crippen LogP contribution in [0.5, 0.6) is 5.75 Å². The number of phosphoric acid groups is 1. The lowest BCUT2D eigenvalue weighted by molar-refractivity contribution is -0.119. The van der Waals surface area contributed by atoms with Crippen LogP contribution in [0.15, 0.2) is 90.1 Å². The summed E-state index contributed by atoms with van der Waals surface area (Å²) in [6, 6.07) is 23.6. The number of nitrogens with zero attached hydrogens (tertiary/aromatic N) is 3. The Morgan fingerprint density at radius 3 is 2.00 bits per heavy atom. The van der Waals surface area contributed by atoms with Crippen LogP contribution in [0.1, 0.15) is 49.1 Å². The van der Waals surface area contributed by atoms with Gasteiger partial charge >= 0.3 is 13.9 Å². The van der Waals surface area contributed by atoms with E-state index >= 15 is 0 Å². The quantitative estimate of drug-likeness (QED) is 0.0555. The number of anilines is 3. The van der Waals surface area contributed by atoms with Gasteiger partial charge < -0.3 is 19.1 Å². The van der Waals surface area contributed by atoms with E-state index in [0.29, 0.717) is 34.4 Å². The van der Waals surface area contributed by atoms with E-state index < -0.39 is 13.9 Å². The maximum atomic E-state index is 13.9. The number of hydrogen-bond donors (Lipinski definition) is 3. The number of nitrogens with one attached hydrogen (secondary N) is 1. The summed E-state index contributed by atoms with van der Waals surface area (Å²) in [6.07, 6.45) is 1.45. The molecule has 2 aliphatic rings. The van der Waals surface area contributed by atoms with E-state index in [2.05, 4.69) is 10.3 Å². The second-order valence-electron chi connectivity index (χ2n) is 13.8. The van der Waals surface area contributed by atoms with Gasteiger partial charge in [0.25, 0.3) is 0 Å². The van der Waals surface area contributed by atoms with Crippen molar-refractivity contribution in [1.82, 2.24) is 4.98 Å². The number of ether oxygens (including phenoxy) is 1. The first kappa shape index (κ1) is 41.2. The Bertz CT molecular complexity index is 2370. The molecule has 17 heteroatoms. The first-order chi connectivity index (χ1) is 27.5. The van der Waals surface area contributed by atoms with Crippen molar-refractivity contribution in [2.45, 2.75) is 48.3 Å². The smallest absolute Gasteiger partial charge is 0.448 e. The van der Waals surface area contributed by atoms with Gasteiger partial charge in [-0.2, -0.15) is 0 Å². The van der Waals surface area contributed by atoms with Gasteiger partial charge in [0, 0.05) is 83.5 Å². The van der Waals surface area contributed by atoms with Crippen LogP contribution in [0.3, 0.4) is 0 Å². The number of alkyl halides is 2. The highest BCUT2D eigenvalue weighted by molar-refractivity contribution is 8.76. The third-order valence-corrected chi connectivity index (χ3v) is 13.8. The van der Waals surface area contributed by atoms with Gasteiger partial charge in [0.1, 0.15) is 17.4 Å². The van der Waals surface area contributed by atoms with Gasteiger partial charge in [0.2, 0.25) is 11.8 Å². The van der Waals surface area contributed by atoms with E-state index in [9.17, 15) is 28.7 Å². The number of pyridine rings is 1. The molecule has 0 saturated heterocycles. The number of aromatic nitrogens is 1. The second-order valence-corrected chi connectivity index (χ2v) is 18.2. The zero-order valence-electron chi connectivity index (χ0n) is 30.7. The molecular weight excluding hydrogens is 830 g/mol. The molecule has 12 nitrogen and oxygen atoms in total. The number of fused-ring (bicyclic) bond motifs is 6. The van der Waals surface area contributed by atoms with E-state index in [-0.39, 0.29) is 78.8 Å². The SMILES string of the molecule is C[C@@H](COC(=O)Nc1cc2c(c3ccccc13)C(CCl)CN2C(=O)CCCC(=O)N1C[C@@H](CCl)c2c1cc(OP(=O)(O)O)c1ccccc21)SSc1ccccn1. The molecule has 4 aromatic carbocycles. The summed E-state index contributed by atoms with van der Waals surface area (Å²) < 4.78 is 22.5. The van der Waals surface area contributed by atoms with Crippen molar-refractivity contribution in [3.05, 3.63) is 96.2 Å². The molecule has 5 aromatic rings. The van der Waals surface area contributed by atoms with Gasteiger partial charge in [-0.1, -0.05) is 65.4 Å². The van der Waals surface area contributed by atoms with Crippen LogP contribution in [0, 0.1) is 0 Å². The van der Waals surface area contributed by atoms with E-state index in [1.807, 2.05) is 55.5 Å². The molecule has 0 radical (unpaired) electrons. The molecule has 7 rings (SSSR count). The zero-order valence-corrected chi connectivity index (χ0v) is 34.7. The van der Waals surface area contributed by atoms with Crippen molar-refractivity contribution in [2.24, 2.45) is 0 Å². The summed E-state index contributed by atoms with van der Waals surface area (Å²) in [4.78, 5) is 67.6. The van der Waals surface area contributed by atoms with Crippen molar-refractivity contribution < 1.29 is 38.0 Å². The van der Waals surface area contributed by atoms with Crippen LogP contribution in [0.2, 0.25) is 0 Å². The number of phosphoric ester groups is 1. The highest BCUT2D eigenvalue weighted by Crippen LogP contribution is 2.50. The fraction of sp³-hybridized carbons (Fsp3) is 0.300. The Hall–Kier alpha value is -4.01. The Morgan fingerprint density at radius 1 is 0.860 bits per heavy atom. The first-order valence-electron chi connectivity index (χ1n) is 18.2. The van der Waals surface area contributed by atoms with Crippen molar-refractivity contribution in [3.8, 4) is 5.75 Å². The minimum absolute atomic E-state index is 0.00911. The monoisotopic (exact) mass is 868 g/mol. The molecule has 0 saturated carbocycles. The topological polar surface area (TPSA) is 159 Å². The lowest BCUT2D eigenvalue weighted by Gasteiger charge is -2.21. The van der Waals surface area contributed by atoms with Gasteiger partial charge in [0.15, 0.2) is 0 Å². The summed E-state index contributed by atoms with van der Waals surface area (Å²) >= 11 is 12.9. The average molecular weight is 870 g/mol. The standard InChI is InChI=1S/C40H39Cl2N4O8PS2/c1-24(56-57-35-13-6-7-16-43-35)23-53-40(49)44-31-17-32-38(29-11-4-2-9-27(29)31)25(19-41)21-45(32)36(47)14-8-15-37(48)46-22-26(20-42)39-30-12-5-3-10-28(30)34(18-33(39)46)54-55(50,51)52/h2-7,9-13,16-18,24-26H,8,14-15,19-23H2,1H3,(H,44,49)(H2,50,51,52)/t24-,25?,26+/m0/s1. The van der Waals surface area contributed by atoms with E-state index in [1.54, 1.807) is 51.1 Å². The summed E-state index contributed by atoms with van der Waals surface area (Å²) in [5, 5.41) is 6.60. The largest absolute Gasteiger partial charge is 0.524 e. The fourth-order valence-electron chi connectivity index (χ4n) is 7.45. The van der Waals surface area contributed by atoms with Crippen molar-refractivity contribution in [2.75, 3.05) is 46.6 Å². The molecule has 0 spiro atoms. The van der Waals surface area contributed by atoms with E-state index in [1.165, 1.54) is 16.9 Å². The second kappa shape index (κ2) is 17.9. The predicted molar refractivity (Wildman–Crippen MR) is 228 cm³/mol. The summed E-state index contributed by atoms with van der Waals surface area (Å²) in [5.74, 6) is -0.362. The Morgan fingerprint density at radius 2 is 1.42 bits per heavy atom. The third-order valence-electron chi connectivity index (χ3n) is 9.89. The predicted octanol–water partition coefficient (Wildman–Crippen LogP) is 9.45. The number of benzene rings is 4. The van der Waals surface area contributed by atoms with Gasteiger partial charge in [-0.15, -0.1) is 23.2 Å². The molecule has 57 heavy (non-hydrogen) atoms. The van der Waals surface area contributed by atoms with Gasteiger partial charge in [-0.05, 0) is 64.2 Å². The molecule has 0 bridgehead atoms. The minimum Gasteiger partial charge on any atom is -0.448 e. The highest BCUT2D eigenvalue weighted by atomic mass is 35.5. The molecule has 3 heterocycles. The van der Waals surface area contributed by atoms with Crippen LogP contribution < -0.4 is 19.6 Å². The minimum atomic E-state index is -4.90. The summed E-state index contributed by atoms with van der Waals surface area (Å²) in [5.41, 5.74) is 3.33. The molecule has 1 aromatic heterocycles. The molecule has 0 aliphatic carbocycles. The zero-order chi connectivity index (χ0) is 40.3. The third kappa shape index (κ3) is 9.18. The van der Waals surface area contributed by atoms with Crippen LogP contribution in [0.4, 0.5) is 21.9 Å². The molecule has 298 valence electrons. The Labute approximate surface area is 347 Å². The Kier molecular flexibility index (Phi) is 12.9. The maximum absolute atomic E-state index is 13.9. The lowest BCUT2D eigenvalue weighted by Crippen LogP contribution is -2.32. The summed E-state index contributed by atoms with van der Waals surface area (Å²) in [6.45, 7) is 2.76. The summed E-state index contributed by atoms with van der Waals surface area (Å²) in [7, 11) is -1.84. The van der Waals surface area contributed by atoms with Crippen LogP contribution in [0.25, 0.3) is 21.5 Å². The number of carbonyl (C=O) groups excluding carboxylic acids is 3. The highest BCUT2D eigenvalue weighted by Gasteiger charge is 2.37. The number of rotatable bonds is 14. The first-order valence-corrected chi connectivity index (χ1v) is 23.0. The molecule has 0 fully saturated rings. The number of hydrogen-bond acceptors (Lipinski definition) is 9. The molecular formula is C40H39Cl2N4O8PS2. The molecule has 3 atom stereocenters. The van der Waals surface area contributed by atoms with Crippen LogP contribution >= 0.6 is 52.6 Å². The molecule has 3 amide bonds. The number of carbonyl (C=O) groups is 3. The van der Waals surface area contributed by atoms with E-state index in [0.717, 1.165) is 26.9 Å². The molecule has 2 aliphatic heterocycles. The average Bonchev–Trinajstić information content (AvgIpc) is 3.78. The number of amides is 3. The van der Waals surface area contributed by atoms with Crippen molar-refractivity contribution in [3.63, 3.8) is 0 Å². The van der Waals surface area contributed by atoms with Crippen molar-refractivity contribution >= 4 is 109 Å². The van der Waals surface area contributed by atoms with Gasteiger partial charge in [-0.25, -0.2) is 14.3 Å². The Balaban J connectivity index is 1.04. The lowest BCUT2D eigenvalue weighted by atomic mass is 9.95. The normalized spacial score (nSPS) is 16.7. The molecule has 3 N–H and O–H groups in total. The van der Waals surface area contributed by atoms with Gasteiger partial charge in [0.05, 0.1) is 11.4 Å². The van der Waals surface area contributed by atoms with Gasteiger partial charge in [-0.3, -0.25) is 24.7 Å². The fourth-order valence-corrected chi connectivity index (χ4v) is 10.2.